The Balaban J connectivity index is 2.07. The molecule has 1 heterocycles. The van der Waals surface area contributed by atoms with Gasteiger partial charge < -0.3 is 15.0 Å². The SMILES string of the molecule is CCN(C)C(=O)CNC1CCCOc2cc(Br)ccc21. The number of halogens is 1. The van der Waals surface area contributed by atoms with E-state index in [1.807, 2.05) is 26.1 Å². The van der Waals surface area contributed by atoms with Crippen molar-refractivity contribution in [1.29, 1.82) is 0 Å². The molecule has 0 aromatic heterocycles. The molecule has 1 aliphatic rings. The number of benzene rings is 1. The molecule has 2 rings (SSSR count). The summed E-state index contributed by atoms with van der Waals surface area (Å²) in [6, 6.07) is 6.25. The molecule has 1 aliphatic heterocycles. The summed E-state index contributed by atoms with van der Waals surface area (Å²) in [5, 5.41) is 3.37. The van der Waals surface area contributed by atoms with Gasteiger partial charge in [-0.2, -0.15) is 0 Å². The van der Waals surface area contributed by atoms with Crippen LogP contribution in [0.1, 0.15) is 31.4 Å². The smallest absolute Gasteiger partial charge is 0.236 e. The first-order valence-electron chi connectivity index (χ1n) is 7.01. The number of carbonyl (C=O) groups excluding carboxylic acids is 1. The minimum Gasteiger partial charge on any atom is -0.493 e. The van der Waals surface area contributed by atoms with E-state index in [1.54, 1.807) is 4.90 Å². The molecule has 0 fully saturated rings. The van der Waals surface area contributed by atoms with Gasteiger partial charge in [0.15, 0.2) is 0 Å². The molecular formula is C15H21BrN2O2. The zero-order valence-electron chi connectivity index (χ0n) is 12.0. The quantitative estimate of drug-likeness (QED) is 0.916. The zero-order chi connectivity index (χ0) is 14.5. The standard InChI is InChI=1S/C15H21BrN2O2/c1-3-18(2)15(19)10-17-13-5-4-8-20-14-9-11(16)6-7-12(13)14/h6-7,9,13,17H,3-5,8,10H2,1-2H3. The second kappa shape index (κ2) is 7.09. The summed E-state index contributed by atoms with van der Waals surface area (Å²) < 4.78 is 6.78. The normalized spacial score (nSPS) is 17.9. The number of carbonyl (C=O) groups is 1. The van der Waals surface area contributed by atoms with Crippen LogP contribution in [0.2, 0.25) is 0 Å². The van der Waals surface area contributed by atoms with Crippen molar-refractivity contribution in [3.63, 3.8) is 0 Å². The maximum Gasteiger partial charge on any atom is 0.236 e. The van der Waals surface area contributed by atoms with Crippen LogP contribution in [0.5, 0.6) is 5.75 Å². The average molecular weight is 341 g/mol. The van der Waals surface area contributed by atoms with Crippen LogP contribution < -0.4 is 10.1 Å². The molecule has 20 heavy (non-hydrogen) atoms. The van der Waals surface area contributed by atoms with Crippen LogP contribution in [0, 0.1) is 0 Å². The molecule has 0 saturated carbocycles. The van der Waals surface area contributed by atoms with E-state index in [9.17, 15) is 4.79 Å². The van der Waals surface area contributed by atoms with Gasteiger partial charge in [0.2, 0.25) is 5.91 Å². The van der Waals surface area contributed by atoms with Crippen LogP contribution >= 0.6 is 15.9 Å². The monoisotopic (exact) mass is 340 g/mol. The van der Waals surface area contributed by atoms with Crippen molar-refractivity contribution in [2.75, 3.05) is 26.7 Å². The minimum absolute atomic E-state index is 0.122. The fourth-order valence-corrected chi connectivity index (χ4v) is 2.62. The number of nitrogens with zero attached hydrogens (tertiary/aromatic N) is 1. The molecule has 0 radical (unpaired) electrons. The molecule has 1 amide bonds. The summed E-state index contributed by atoms with van der Waals surface area (Å²) in [6.45, 7) is 3.80. The maximum atomic E-state index is 11.9. The number of likely N-dealkylation sites (N-methyl/N-ethyl adjacent to an activating group) is 1. The highest BCUT2D eigenvalue weighted by Crippen LogP contribution is 2.33. The largest absolute Gasteiger partial charge is 0.493 e. The Kier molecular flexibility index (Phi) is 5.43. The first-order valence-corrected chi connectivity index (χ1v) is 7.80. The van der Waals surface area contributed by atoms with Crippen molar-refractivity contribution in [3.05, 3.63) is 28.2 Å². The molecular weight excluding hydrogens is 320 g/mol. The molecule has 1 aromatic rings. The minimum atomic E-state index is 0.122. The third-order valence-electron chi connectivity index (χ3n) is 3.65. The number of hydrogen-bond acceptors (Lipinski definition) is 3. The van der Waals surface area contributed by atoms with Crippen molar-refractivity contribution in [3.8, 4) is 5.75 Å². The second-order valence-corrected chi connectivity index (χ2v) is 5.93. The Morgan fingerprint density at radius 3 is 3.10 bits per heavy atom. The number of amides is 1. The summed E-state index contributed by atoms with van der Waals surface area (Å²) in [7, 11) is 1.82. The van der Waals surface area contributed by atoms with E-state index in [0.29, 0.717) is 6.54 Å². The molecule has 1 atom stereocenters. The predicted molar refractivity (Wildman–Crippen MR) is 82.9 cm³/mol. The number of ether oxygens (including phenoxy) is 1. The van der Waals surface area contributed by atoms with Crippen LogP contribution in [0.25, 0.3) is 0 Å². The van der Waals surface area contributed by atoms with Gasteiger partial charge in [-0.05, 0) is 31.9 Å². The van der Waals surface area contributed by atoms with E-state index in [0.717, 1.165) is 41.8 Å². The number of rotatable bonds is 4. The molecule has 110 valence electrons. The van der Waals surface area contributed by atoms with Crippen molar-refractivity contribution >= 4 is 21.8 Å². The summed E-state index contributed by atoms with van der Waals surface area (Å²) >= 11 is 3.47. The van der Waals surface area contributed by atoms with E-state index in [1.165, 1.54) is 0 Å². The topological polar surface area (TPSA) is 41.6 Å². The Morgan fingerprint density at radius 1 is 1.55 bits per heavy atom. The molecule has 0 bridgehead atoms. The highest BCUT2D eigenvalue weighted by Gasteiger charge is 2.20. The van der Waals surface area contributed by atoms with E-state index in [-0.39, 0.29) is 11.9 Å². The molecule has 1 unspecified atom stereocenters. The molecule has 0 aliphatic carbocycles. The molecule has 1 N–H and O–H groups in total. The van der Waals surface area contributed by atoms with Crippen molar-refractivity contribution < 1.29 is 9.53 Å². The lowest BCUT2D eigenvalue weighted by atomic mass is 10.0. The fraction of sp³-hybridized carbons (Fsp3) is 0.533. The third kappa shape index (κ3) is 3.73. The van der Waals surface area contributed by atoms with Crippen molar-refractivity contribution in [1.82, 2.24) is 10.2 Å². The van der Waals surface area contributed by atoms with Gasteiger partial charge in [0, 0.05) is 29.7 Å². The highest BCUT2D eigenvalue weighted by atomic mass is 79.9. The molecule has 0 spiro atoms. The maximum absolute atomic E-state index is 11.9. The van der Waals surface area contributed by atoms with E-state index < -0.39 is 0 Å². The summed E-state index contributed by atoms with van der Waals surface area (Å²) in [5.41, 5.74) is 1.14. The number of hydrogen-bond donors (Lipinski definition) is 1. The van der Waals surface area contributed by atoms with Crippen LogP contribution in [0.4, 0.5) is 0 Å². The lowest BCUT2D eigenvalue weighted by molar-refractivity contribution is -0.128. The van der Waals surface area contributed by atoms with Gasteiger partial charge in [0.25, 0.3) is 0 Å². The summed E-state index contributed by atoms with van der Waals surface area (Å²) in [4.78, 5) is 13.6. The predicted octanol–water partition coefficient (Wildman–Crippen LogP) is 2.73. The number of nitrogens with one attached hydrogen (secondary N) is 1. The van der Waals surface area contributed by atoms with E-state index in [2.05, 4.69) is 27.3 Å². The average Bonchev–Trinajstić information content (AvgIpc) is 2.65. The van der Waals surface area contributed by atoms with Crippen LogP contribution in [-0.4, -0.2) is 37.6 Å². The Labute approximate surface area is 128 Å². The van der Waals surface area contributed by atoms with Crippen LogP contribution in [-0.2, 0) is 4.79 Å². The van der Waals surface area contributed by atoms with E-state index >= 15 is 0 Å². The molecule has 1 aromatic carbocycles. The molecule has 0 saturated heterocycles. The van der Waals surface area contributed by atoms with Crippen molar-refractivity contribution in [2.24, 2.45) is 0 Å². The summed E-state index contributed by atoms with van der Waals surface area (Å²) in [6.07, 6.45) is 1.97. The second-order valence-electron chi connectivity index (χ2n) is 5.01. The molecule has 5 heteroatoms. The van der Waals surface area contributed by atoms with Gasteiger partial charge in [0.1, 0.15) is 5.75 Å². The van der Waals surface area contributed by atoms with Gasteiger partial charge >= 0.3 is 0 Å². The van der Waals surface area contributed by atoms with Gasteiger partial charge in [-0.1, -0.05) is 22.0 Å². The van der Waals surface area contributed by atoms with Crippen LogP contribution in [0.15, 0.2) is 22.7 Å². The van der Waals surface area contributed by atoms with E-state index in [4.69, 9.17) is 4.74 Å². The first-order chi connectivity index (χ1) is 9.61. The van der Waals surface area contributed by atoms with Crippen LogP contribution in [0.3, 0.4) is 0 Å². The summed E-state index contributed by atoms with van der Waals surface area (Å²) in [5.74, 6) is 1.03. The molecule has 4 nitrogen and oxygen atoms in total. The van der Waals surface area contributed by atoms with Crippen molar-refractivity contribution in [2.45, 2.75) is 25.8 Å². The lowest BCUT2D eigenvalue weighted by Crippen LogP contribution is -2.36. The Bertz CT molecular complexity index is 479. The fourth-order valence-electron chi connectivity index (χ4n) is 2.28. The van der Waals surface area contributed by atoms with Gasteiger partial charge in [-0.3, -0.25) is 4.79 Å². The Hall–Kier alpha value is -1.07. The lowest BCUT2D eigenvalue weighted by Gasteiger charge is -2.20. The number of fused-ring (bicyclic) bond motifs is 1. The highest BCUT2D eigenvalue weighted by molar-refractivity contribution is 9.10. The van der Waals surface area contributed by atoms with Gasteiger partial charge in [-0.25, -0.2) is 0 Å². The van der Waals surface area contributed by atoms with Gasteiger partial charge in [-0.15, -0.1) is 0 Å². The first kappa shape index (κ1) is 15.3. The Morgan fingerprint density at radius 2 is 2.35 bits per heavy atom. The van der Waals surface area contributed by atoms with Gasteiger partial charge in [0.05, 0.1) is 13.2 Å². The third-order valence-corrected chi connectivity index (χ3v) is 4.14. The zero-order valence-corrected chi connectivity index (χ0v) is 13.6.